The van der Waals surface area contributed by atoms with Crippen LogP contribution in [-0.4, -0.2) is 57.1 Å². The van der Waals surface area contributed by atoms with Gasteiger partial charge in [0.1, 0.15) is 0 Å². The number of nitrogens with one attached hydrogen (secondary N) is 1. The van der Waals surface area contributed by atoms with Crippen molar-refractivity contribution in [1.29, 1.82) is 0 Å². The molecule has 0 bridgehead atoms. The van der Waals surface area contributed by atoms with Gasteiger partial charge in [-0.25, -0.2) is 4.79 Å². The second-order valence-corrected chi connectivity index (χ2v) is 7.61. The zero-order valence-electron chi connectivity index (χ0n) is 15.4. The molecule has 0 radical (unpaired) electrons. The number of halogens is 1. The number of methoxy groups -OCH3 is 1. The third kappa shape index (κ3) is 4.59. The summed E-state index contributed by atoms with van der Waals surface area (Å²) in [7, 11) is 3.44. The maximum atomic E-state index is 12.8. The maximum absolute atomic E-state index is 12.8. The molecule has 1 amide bonds. The Labute approximate surface area is 172 Å². The molecular formula is C20H22IN3O3. The van der Waals surface area contributed by atoms with Crippen LogP contribution in [-0.2, 0) is 4.74 Å². The van der Waals surface area contributed by atoms with Crippen LogP contribution in [0.1, 0.15) is 20.7 Å². The molecule has 1 aliphatic heterocycles. The van der Waals surface area contributed by atoms with Crippen molar-refractivity contribution < 1.29 is 14.3 Å². The van der Waals surface area contributed by atoms with Gasteiger partial charge in [0.2, 0.25) is 0 Å². The molecule has 1 aliphatic rings. The maximum Gasteiger partial charge on any atom is 0.337 e. The minimum absolute atomic E-state index is 0.197. The fraction of sp³-hybridized carbons (Fsp3) is 0.300. The lowest BCUT2D eigenvalue weighted by molar-refractivity contribution is 0.0600. The van der Waals surface area contributed by atoms with Crippen LogP contribution in [0.4, 0.5) is 11.4 Å². The highest BCUT2D eigenvalue weighted by molar-refractivity contribution is 14.1. The van der Waals surface area contributed by atoms with Gasteiger partial charge >= 0.3 is 5.97 Å². The molecule has 3 rings (SSSR count). The summed E-state index contributed by atoms with van der Waals surface area (Å²) in [6.45, 7) is 3.62. The molecule has 142 valence electrons. The lowest BCUT2D eigenvalue weighted by atomic mass is 10.1. The number of nitrogens with zero attached hydrogens (tertiary/aromatic N) is 2. The molecule has 6 nitrogen and oxygen atoms in total. The Hall–Kier alpha value is -2.13. The number of carbonyl (C=O) groups excluding carboxylic acids is 2. The third-order valence-electron chi connectivity index (χ3n) is 4.63. The first-order valence-corrected chi connectivity index (χ1v) is 9.79. The van der Waals surface area contributed by atoms with Gasteiger partial charge in [0, 0.05) is 29.7 Å². The average Bonchev–Trinajstić information content (AvgIpc) is 2.68. The number of esters is 1. The van der Waals surface area contributed by atoms with Crippen LogP contribution in [0.2, 0.25) is 0 Å². The molecule has 2 aromatic rings. The Balaban J connectivity index is 1.93. The minimum atomic E-state index is -0.426. The van der Waals surface area contributed by atoms with Crippen molar-refractivity contribution in [2.45, 2.75) is 0 Å². The van der Waals surface area contributed by atoms with Gasteiger partial charge in [-0.05, 0) is 60.0 Å². The van der Waals surface area contributed by atoms with E-state index in [1.165, 1.54) is 7.11 Å². The van der Waals surface area contributed by atoms with Gasteiger partial charge in [0.15, 0.2) is 0 Å². The van der Waals surface area contributed by atoms with Crippen molar-refractivity contribution in [3.8, 4) is 0 Å². The van der Waals surface area contributed by atoms with Crippen LogP contribution >= 0.6 is 22.6 Å². The summed E-state index contributed by atoms with van der Waals surface area (Å²) in [5.74, 6) is -0.623. The van der Waals surface area contributed by atoms with Crippen molar-refractivity contribution in [3.63, 3.8) is 0 Å². The molecule has 1 saturated heterocycles. The monoisotopic (exact) mass is 479 g/mol. The SMILES string of the molecule is COC(=O)c1ccc(N2CCN(C)CC2)c(NC(=O)c2ccccc2I)c1. The first kappa shape index (κ1) is 19.6. The molecule has 0 spiro atoms. The summed E-state index contributed by atoms with van der Waals surface area (Å²) < 4.78 is 5.70. The van der Waals surface area contributed by atoms with Gasteiger partial charge in [0.05, 0.1) is 29.6 Å². The smallest absolute Gasteiger partial charge is 0.337 e. The van der Waals surface area contributed by atoms with Crippen LogP contribution in [0.15, 0.2) is 42.5 Å². The van der Waals surface area contributed by atoms with E-state index in [4.69, 9.17) is 4.74 Å². The summed E-state index contributed by atoms with van der Waals surface area (Å²) >= 11 is 2.14. The number of rotatable bonds is 4. The van der Waals surface area contributed by atoms with Crippen LogP contribution in [0, 0.1) is 3.57 Å². The molecule has 0 atom stereocenters. The molecule has 2 aromatic carbocycles. The highest BCUT2D eigenvalue weighted by atomic mass is 127. The number of amides is 1. The van der Waals surface area contributed by atoms with Crippen LogP contribution in [0.25, 0.3) is 0 Å². The van der Waals surface area contributed by atoms with Crippen molar-refractivity contribution in [2.24, 2.45) is 0 Å². The van der Waals surface area contributed by atoms with Crippen molar-refractivity contribution in [1.82, 2.24) is 4.90 Å². The van der Waals surface area contributed by atoms with Crippen LogP contribution in [0.3, 0.4) is 0 Å². The highest BCUT2D eigenvalue weighted by Gasteiger charge is 2.20. The van der Waals surface area contributed by atoms with Crippen LogP contribution in [0.5, 0.6) is 0 Å². The lowest BCUT2D eigenvalue weighted by Crippen LogP contribution is -2.44. The number of benzene rings is 2. The van der Waals surface area contributed by atoms with E-state index in [2.05, 4.69) is 44.8 Å². The summed E-state index contributed by atoms with van der Waals surface area (Å²) in [6, 6.07) is 12.7. The first-order chi connectivity index (χ1) is 13.0. The molecule has 1 heterocycles. The minimum Gasteiger partial charge on any atom is -0.465 e. The van der Waals surface area contributed by atoms with E-state index >= 15 is 0 Å². The molecule has 0 saturated carbocycles. The molecular weight excluding hydrogens is 457 g/mol. The Morgan fingerprint density at radius 1 is 1.07 bits per heavy atom. The molecule has 27 heavy (non-hydrogen) atoms. The molecule has 1 fully saturated rings. The molecule has 1 N–H and O–H groups in total. The number of hydrogen-bond donors (Lipinski definition) is 1. The van der Waals surface area contributed by atoms with E-state index in [1.807, 2.05) is 24.3 Å². The number of carbonyl (C=O) groups is 2. The van der Waals surface area contributed by atoms with Crippen molar-refractivity contribution in [3.05, 3.63) is 57.2 Å². The van der Waals surface area contributed by atoms with E-state index in [0.717, 1.165) is 35.4 Å². The second-order valence-electron chi connectivity index (χ2n) is 6.45. The highest BCUT2D eigenvalue weighted by Crippen LogP contribution is 2.29. The Morgan fingerprint density at radius 3 is 2.44 bits per heavy atom. The van der Waals surface area contributed by atoms with E-state index in [0.29, 0.717) is 16.8 Å². The van der Waals surface area contributed by atoms with Gasteiger partial charge in [-0.3, -0.25) is 4.79 Å². The number of hydrogen-bond acceptors (Lipinski definition) is 5. The summed E-state index contributed by atoms with van der Waals surface area (Å²) in [4.78, 5) is 29.3. The van der Waals surface area contributed by atoms with Gasteiger partial charge < -0.3 is 19.9 Å². The number of ether oxygens (including phenoxy) is 1. The van der Waals surface area contributed by atoms with E-state index in [-0.39, 0.29) is 5.91 Å². The lowest BCUT2D eigenvalue weighted by Gasteiger charge is -2.35. The standard InChI is InChI=1S/C20H22IN3O3/c1-23-9-11-24(12-10-23)18-8-7-14(20(26)27-2)13-17(18)22-19(25)15-5-3-4-6-16(15)21/h3-8,13H,9-12H2,1-2H3,(H,22,25). The third-order valence-corrected chi connectivity index (χ3v) is 5.57. The molecule has 7 heteroatoms. The molecule has 0 unspecified atom stereocenters. The molecule has 0 aromatic heterocycles. The topological polar surface area (TPSA) is 61.9 Å². The van der Waals surface area contributed by atoms with Gasteiger partial charge in [-0.1, -0.05) is 12.1 Å². The quantitative estimate of drug-likeness (QED) is 0.540. The predicted octanol–water partition coefficient (Wildman–Crippen LogP) is 3.08. The van der Waals surface area contributed by atoms with Gasteiger partial charge in [0.25, 0.3) is 5.91 Å². The second kappa shape index (κ2) is 8.71. The summed E-state index contributed by atoms with van der Waals surface area (Å²) in [5.41, 5.74) is 2.54. The largest absolute Gasteiger partial charge is 0.465 e. The first-order valence-electron chi connectivity index (χ1n) is 8.71. The van der Waals surface area contributed by atoms with Gasteiger partial charge in [-0.2, -0.15) is 0 Å². The number of likely N-dealkylation sites (N-methyl/N-ethyl adjacent to an activating group) is 1. The fourth-order valence-electron chi connectivity index (χ4n) is 3.04. The summed E-state index contributed by atoms with van der Waals surface area (Å²) in [6.07, 6.45) is 0. The van der Waals surface area contributed by atoms with E-state index in [1.54, 1.807) is 18.2 Å². The van der Waals surface area contributed by atoms with E-state index < -0.39 is 5.97 Å². The Kier molecular flexibility index (Phi) is 6.33. The average molecular weight is 479 g/mol. The number of anilines is 2. The zero-order valence-corrected chi connectivity index (χ0v) is 17.5. The predicted molar refractivity (Wildman–Crippen MR) is 115 cm³/mol. The Morgan fingerprint density at radius 2 is 1.78 bits per heavy atom. The fourth-order valence-corrected chi connectivity index (χ4v) is 3.67. The van der Waals surface area contributed by atoms with Crippen LogP contribution < -0.4 is 10.2 Å². The zero-order chi connectivity index (χ0) is 19.4. The Bertz CT molecular complexity index is 848. The van der Waals surface area contributed by atoms with Crippen molar-refractivity contribution >= 4 is 45.8 Å². The summed E-state index contributed by atoms with van der Waals surface area (Å²) in [5, 5.41) is 2.99. The number of piperazine rings is 1. The van der Waals surface area contributed by atoms with Gasteiger partial charge in [-0.15, -0.1) is 0 Å². The van der Waals surface area contributed by atoms with Crippen molar-refractivity contribution in [2.75, 3.05) is 50.6 Å². The van der Waals surface area contributed by atoms with E-state index in [9.17, 15) is 9.59 Å². The molecule has 0 aliphatic carbocycles. The normalized spacial score (nSPS) is 14.7.